The molecule has 0 atom stereocenters. The van der Waals surface area contributed by atoms with Gasteiger partial charge >= 0.3 is 214 Å². The third-order valence-corrected chi connectivity index (χ3v) is 19.6. The van der Waals surface area contributed by atoms with E-state index in [1.165, 1.54) is 36.4 Å². The van der Waals surface area contributed by atoms with Crippen molar-refractivity contribution < 1.29 is 28.8 Å². The van der Waals surface area contributed by atoms with Crippen molar-refractivity contribution in [3.05, 3.63) is 90.2 Å². The van der Waals surface area contributed by atoms with Gasteiger partial charge in [-0.15, -0.1) is 0 Å². The Hall–Kier alpha value is -1.33. The zero-order valence-corrected chi connectivity index (χ0v) is 23.2. The van der Waals surface area contributed by atoms with Gasteiger partial charge in [-0.3, -0.25) is 0 Å². The first-order valence-electron chi connectivity index (χ1n) is 9.13. The van der Waals surface area contributed by atoms with Gasteiger partial charge in [0, 0.05) is 0 Å². The van der Waals surface area contributed by atoms with Gasteiger partial charge in [0.15, 0.2) is 0 Å². The fourth-order valence-electron chi connectivity index (χ4n) is 3.36. The number of rotatable bonds is 7. The summed E-state index contributed by atoms with van der Waals surface area (Å²) in [4.78, 5) is 25.7. The number of alkyl halides is 2. The summed E-state index contributed by atoms with van der Waals surface area (Å²) in [5, 5.41) is 0. The predicted molar refractivity (Wildman–Crippen MR) is 134 cm³/mol. The fraction of sp³-hybridized carbons (Fsp3) is 0.0909. The van der Waals surface area contributed by atoms with Crippen LogP contribution < -0.4 is 10.5 Å². The van der Waals surface area contributed by atoms with Gasteiger partial charge in [-0.2, -0.15) is 0 Å². The van der Waals surface area contributed by atoms with Crippen LogP contribution in [0.15, 0.2) is 72.8 Å². The van der Waals surface area contributed by atoms with Crippen molar-refractivity contribution in [2.45, 2.75) is 0 Å². The molecule has 168 valence electrons. The molecule has 0 aromatic heterocycles. The Bertz CT molecular complexity index is 988. The van der Waals surface area contributed by atoms with Crippen molar-refractivity contribution in [1.29, 1.82) is 0 Å². The van der Waals surface area contributed by atoms with E-state index < -0.39 is 47.6 Å². The molecule has 0 saturated carbocycles. The number of hydrogen-bond acceptors (Lipinski definition) is 4. The molecule has 4 nitrogen and oxygen atoms in total. The van der Waals surface area contributed by atoms with Crippen molar-refractivity contribution in [3.8, 4) is 0 Å². The molecule has 10 heteroatoms. The van der Waals surface area contributed by atoms with Crippen LogP contribution in [0.25, 0.3) is 0 Å². The normalized spacial score (nSPS) is 12.5. The molecule has 0 radical (unpaired) electrons. The molecule has 3 aromatic rings. The van der Waals surface area contributed by atoms with Crippen molar-refractivity contribution in [3.63, 3.8) is 0 Å². The maximum atomic E-state index is 13.9. The zero-order valence-electron chi connectivity index (χ0n) is 16.3. The second kappa shape index (κ2) is 10.3. The molecular formula is C22H16F3I2O4Sb. The quantitative estimate of drug-likeness (QED) is 0.210. The number of benzene rings is 3. The topological polar surface area (TPSA) is 52.6 Å². The summed E-state index contributed by atoms with van der Waals surface area (Å²) >= 11 is -2.47. The standard InChI is InChI=1S/3C6H4F.2C2H3IO2.Sb/c3*7-6-4-2-1-3-5-6;2*3-1-2(4)5;/h3*2-5H;2*1H2,(H,4,5);/q;;;;;+2/p-2. The number of hydrogen-bond donors (Lipinski definition) is 0. The van der Waals surface area contributed by atoms with Gasteiger partial charge in [0.05, 0.1) is 0 Å². The van der Waals surface area contributed by atoms with Crippen molar-refractivity contribution in [1.82, 2.24) is 0 Å². The van der Waals surface area contributed by atoms with Crippen LogP contribution in [0.5, 0.6) is 0 Å². The van der Waals surface area contributed by atoms with E-state index in [0.717, 1.165) is 36.4 Å². The SMILES string of the molecule is O=C(CI)[O][Sb]([O]C(=O)CI)([c]1ccc(F)cc1)([c]1ccc(F)cc1)[c]1ccc(F)cc1. The number of carbonyl (C=O) groups is 2. The molecule has 0 aliphatic carbocycles. The molecule has 3 aromatic carbocycles. The van der Waals surface area contributed by atoms with Gasteiger partial charge < -0.3 is 0 Å². The monoisotopic (exact) mass is 776 g/mol. The Balaban J connectivity index is 2.56. The van der Waals surface area contributed by atoms with E-state index in [-0.39, 0.29) is 19.4 Å². The van der Waals surface area contributed by atoms with Crippen molar-refractivity contribution >= 4 is 85.9 Å². The van der Waals surface area contributed by atoms with E-state index in [2.05, 4.69) is 0 Å². The molecule has 0 bridgehead atoms. The molecule has 32 heavy (non-hydrogen) atoms. The third-order valence-electron chi connectivity index (χ3n) is 4.66. The van der Waals surface area contributed by atoms with Gasteiger partial charge in [-0.25, -0.2) is 0 Å². The van der Waals surface area contributed by atoms with E-state index >= 15 is 0 Å². The van der Waals surface area contributed by atoms with Gasteiger partial charge in [0.2, 0.25) is 0 Å². The summed E-state index contributed by atoms with van der Waals surface area (Å²) in [6.45, 7) is 0. The van der Waals surface area contributed by atoms with Gasteiger partial charge in [0.25, 0.3) is 0 Å². The molecule has 3 rings (SSSR count). The molecule has 0 amide bonds. The summed E-state index contributed by atoms with van der Waals surface area (Å²) in [5.74, 6) is -3.04. The second-order valence-electron chi connectivity index (χ2n) is 6.58. The average Bonchev–Trinajstić information content (AvgIpc) is 2.79. The van der Waals surface area contributed by atoms with Crippen LogP contribution in [-0.2, 0) is 15.6 Å². The fourth-order valence-corrected chi connectivity index (χ4v) is 18.1. The Morgan fingerprint density at radius 3 is 1.06 bits per heavy atom. The van der Waals surface area contributed by atoms with Crippen LogP contribution in [0, 0.1) is 17.5 Å². The Morgan fingerprint density at radius 2 is 0.844 bits per heavy atom. The molecule has 0 spiro atoms. The second-order valence-corrected chi connectivity index (χ2v) is 19.0. The Labute approximate surface area is 211 Å². The van der Waals surface area contributed by atoms with E-state index in [4.69, 9.17) is 6.03 Å². The minimum absolute atomic E-state index is 0.0784. The van der Waals surface area contributed by atoms with Crippen LogP contribution in [0.2, 0.25) is 0 Å². The number of halogens is 5. The van der Waals surface area contributed by atoms with Crippen molar-refractivity contribution in [2.24, 2.45) is 0 Å². The molecule has 0 aliphatic rings. The first kappa shape index (κ1) is 25.3. The molecular weight excluding hydrogens is 761 g/mol. The molecule has 0 unspecified atom stereocenters. The zero-order chi connectivity index (χ0) is 23.4. The summed E-state index contributed by atoms with van der Waals surface area (Å²) in [5.41, 5.74) is 0. The van der Waals surface area contributed by atoms with Crippen LogP contribution in [0.1, 0.15) is 0 Å². The maximum absolute atomic E-state index is 13.9. The van der Waals surface area contributed by atoms with E-state index in [9.17, 15) is 22.8 Å². The van der Waals surface area contributed by atoms with Crippen molar-refractivity contribution in [2.75, 3.05) is 8.86 Å². The summed E-state index contributed by atoms with van der Waals surface area (Å²) < 4.78 is 54.6. The van der Waals surface area contributed by atoms with Crippen LogP contribution in [-0.4, -0.2) is 39.0 Å². The van der Waals surface area contributed by atoms with Crippen LogP contribution >= 0.6 is 45.2 Å². The third kappa shape index (κ3) is 4.65. The molecule has 0 N–H and O–H groups in total. The predicted octanol–water partition coefficient (Wildman–Crippen LogP) is 3.48. The molecule has 0 heterocycles. The summed E-state index contributed by atoms with van der Waals surface area (Å²) in [7, 11) is 0. The first-order chi connectivity index (χ1) is 15.2. The minimum atomic E-state index is -6.10. The van der Waals surface area contributed by atoms with Gasteiger partial charge in [0.1, 0.15) is 0 Å². The molecule has 0 aliphatic heterocycles. The Kier molecular flexibility index (Phi) is 8.14. The molecule has 0 fully saturated rings. The van der Waals surface area contributed by atoms with Crippen LogP contribution in [0.3, 0.4) is 0 Å². The average molecular weight is 777 g/mol. The summed E-state index contributed by atoms with van der Waals surface area (Å²) in [6, 6.07) is 15.2. The van der Waals surface area contributed by atoms with Crippen LogP contribution in [0.4, 0.5) is 13.2 Å². The number of carbonyl (C=O) groups excluding carboxylic acids is 2. The Morgan fingerprint density at radius 1 is 0.594 bits per heavy atom. The van der Waals surface area contributed by atoms with Gasteiger partial charge in [-0.1, -0.05) is 0 Å². The summed E-state index contributed by atoms with van der Waals surface area (Å²) in [6.07, 6.45) is 0. The van der Waals surface area contributed by atoms with E-state index in [0.29, 0.717) is 0 Å². The first-order valence-corrected chi connectivity index (χ1v) is 18.1. The molecule has 0 saturated heterocycles. The van der Waals surface area contributed by atoms with E-state index in [1.54, 1.807) is 0 Å². The van der Waals surface area contributed by atoms with E-state index in [1.807, 2.05) is 45.2 Å². The van der Waals surface area contributed by atoms with Gasteiger partial charge in [-0.05, 0) is 0 Å².